The lowest BCUT2D eigenvalue weighted by atomic mass is 9.92. The van der Waals surface area contributed by atoms with Crippen molar-refractivity contribution in [1.82, 2.24) is 5.32 Å². The van der Waals surface area contributed by atoms with Gasteiger partial charge in [-0.25, -0.2) is 0 Å². The molecule has 1 aliphatic carbocycles. The Morgan fingerprint density at radius 3 is 2.33 bits per heavy atom. The Labute approximate surface area is 108 Å². The van der Waals surface area contributed by atoms with E-state index in [1.165, 1.54) is 0 Å². The van der Waals surface area contributed by atoms with Crippen molar-refractivity contribution in [3.05, 3.63) is 0 Å². The molecule has 5 nitrogen and oxygen atoms in total. The Morgan fingerprint density at radius 1 is 1.33 bits per heavy atom. The summed E-state index contributed by atoms with van der Waals surface area (Å²) in [5.74, 6) is -0.937. The Kier molecular flexibility index (Phi) is 4.73. The van der Waals surface area contributed by atoms with Crippen molar-refractivity contribution in [3.8, 4) is 0 Å². The highest BCUT2D eigenvalue weighted by molar-refractivity contribution is 5.78. The zero-order chi connectivity index (χ0) is 13.8. The van der Waals surface area contributed by atoms with E-state index in [2.05, 4.69) is 5.32 Å². The Bertz CT molecular complexity index is 315. The van der Waals surface area contributed by atoms with Gasteiger partial charge in [0.2, 0.25) is 5.91 Å². The summed E-state index contributed by atoms with van der Waals surface area (Å²) in [6, 6.07) is 0. The number of hydrogen-bond acceptors (Lipinski definition) is 3. The molecule has 104 valence electrons. The van der Waals surface area contributed by atoms with Gasteiger partial charge in [-0.05, 0) is 33.1 Å². The third-order valence-electron chi connectivity index (χ3n) is 3.45. The van der Waals surface area contributed by atoms with Gasteiger partial charge in [-0.2, -0.15) is 0 Å². The first-order chi connectivity index (χ1) is 8.22. The minimum atomic E-state index is -0.851. The number of rotatable bonds is 6. The number of amides is 1. The van der Waals surface area contributed by atoms with E-state index in [0.717, 1.165) is 25.7 Å². The van der Waals surface area contributed by atoms with Crippen LogP contribution in [0.4, 0.5) is 0 Å². The highest BCUT2D eigenvalue weighted by Crippen LogP contribution is 2.32. The number of carbonyl (C=O) groups is 2. The van der Waals surface area contributed by atoms with E-state index < -0.39 is 11.5 Å². The summed E-state index contributed by atoms with van der Waals surface area (Å²) in [4.78, 5) is 22.8. The zero-order valence-electron chi connectivity index (χ0n) is 11.3. The van der Waals surface area contributed by atoms with Crippen LogP contribution in [-0.2, 0) is 9.59 Å². The van der Waals surface area contributed by atoms with Crippen molar-refractivity contribution < 1.29 is 14.7 Å². The fraction of sp³-hybridized carbons (Fsp3) is 0.846. The maximum atomic E-state index is 11.9. The van der Waals surface area contributed by atoms with Gasteiger partial charge in [0, 0.05) is 12.0 Å². The van der Waals surface area contributed by atoms with Crippen molar-refractivity contribution in [2.24, 2.45) is 5.73 Å². The van der Waals surface area contributed by atoms with Gasteiger partial charge < -0.3 is 16.2 Å². The predicted octanol–water partition coefficient (Wildman–Crippen LogP) is 1.41. The van der Waals surface area contributed by atoms with Gasteiger partial charge in [0.15, 0.2) is 0 Å². The number of nitrogens with two attached hydrogens (primary N) is 1. The van der Waals surface area contributed by atoms with E-state index in [-0.39, 0.29) is 17.9 Å². The molecule has 1 amide bonds. The summed E-state index contributed by atoms with van der Waals surface area (Å²) in [5.41, 5.74) is 4.94. The standard InChI is InChI=1S/C13H24N2O3/c1-12(2,14)8-5-10(16)15-13(9-11(17)18)6-3-4-7-13/h3-9,14H2,1-2H3,(H,15,16)(H,17,18). The lowest BCUT2D eigenvalue weighted by Crippen LogP contribution is -2.48. The quantitative estimate of drug-likeness (QED) is 0.670. The fourth-order valence-corrected chi connectivity index (χ4v) is 2.48. The lowest BCUT2D eigenvalue weighted by molar-refractivity contribution is -0.139. The van der Waals surface area contributed by atoms with Crippen LogP contribution in [0.5, 0.6) is 0 Å². The molecule has 1 aliphatic rings. The van der Waals surface area contributed by atoms with Crippen LogP contribution in [0.15, 0.2) is 0 Å². The average molecular weight is 256 g/mol. The van der Waals surface area contributed by atoms with Crippen molar-refractivity contribution >= 4 is 11.9 Å². The number of nitrogens with one attached hydrogen (secondary N) is 1. The summed E-state index contributed by atoms with van der Waals surface area (Å²) in [6.07, 6.45) is 4.46. The summed E-state index contributed by atoms with van der Waals surface area (Å²) in [7, 11) is 0. The van der Waals surface area contributed by atoms with E-state index in [4.69, 9.17) is 10.8 Å². The Hall–Kier alpha value is -1.10. The summed E-state index contributed by atoms with van der Waals surface area (Å²) < 4.78 is 0. The van der Waals surface area contributed by atoms with E-state index in [0.29, 0.717) is 12.8 Å². The van der Waals surface area contributed by atoms with Crippen molar-refractivity contribution in [1.29, 1.82) is 0 Å². The molecule has 1 rings (SSSR count). The van der Waals surface area contributed by atoms with Gasteiger partial charge in [-0.3, -0.25) is 9.59 Å². The van der Waals surface area contributed by atoms with Crippen LogP contribution in [-0.4, -0.2) is 28.1 Å². The molecule has 1 fully saturated rings. The fourth-order valence-electron chi connectivity index (χ4n) is 2.48. The van der Waals surface area contributed by atoms with Gasteiger partial charge in [0.25, 0.3) is 0 Å². The van der Waals surface area contributed by atoms with Gasteiger partial charge in [-0.15, -0.1) is 0 Å². The molecule has 0 saturated heterocycles. The second-order valence-corrected chi connectivity index (χ2v) is 6.09. The van der Waals surface area contributed by atoms with Crippen LogP contribution in [0.3, 0.4) is 0 Å². The first-order valence-electron chi connectivity index (χ1n) is 6.54. The van der Waals surface area contributed by atoms with Crippen LogP contribution in [0, 0.1) is 0 Å². The van der Waals surface area contributed by atoms with E-state index in [9.17, 15) is 9.59 Å². The molecule has 0 heterocycles. The highest BCUT2D eigenvalue weighted by Gasteiger charge is 2.37. The molecule has 5 heteroatoms. The maximum Gasteiger partial charge on any atom is 0.305 e. The summed E-state index contributed by atoms with van der Waals surface area (Å²) in [5, 5.41) is 11.9. The normalized spacial score (nSPS) is 18.6. The van der Waals surface area contributed by atoms with Gasteiger partial charge in [0.05, 0.1) is 12.0 Å². The minimum absolute atomic E-state index is 0.0186. The second-order valence-electron chi connectivity index (χ2n) is 6.09. The molecule has 0 radical (unpaired) electrons. The van der Waals surface area contributed by atoms with E-state index in [1.54, 1.807) is 0 Å². The molecule has 0 aromatic heterocycles. The number of hydrogen-bond donors (Lipinski definition) is 3. The second kappa shape index (κ2) is 5.69. The summed E-state index contributed by atoms with van der Waals surface area (Å²) >= 11 is 0. The number of carboxylic acid groups (broad SMARTS) is 1. The van der Waals surface area contributed by atoms with Crippen molar-refractivity contribution in [2.75, 3.05) is 0 Å². The first kappa shape index (κ1) is 15.0. The van der Waals surface area contributed by atoms with Crippen LogP contribution in [0.1, 0.15) is 58.8 Å². The average Bonchev–Trinajstić information content (AvgIpc) is 2.61. The van der Waals surface area contributed by atoms with Crippen LogP contribution in [0.25, 0.3) is 0 Å². The first-order valence-corrected chi connectivity index (χ1v) is 6.54. The molecule has 0 aromatic rings. The Balaban J connectivity index is 2.51. The van der Waals surface area contributed by atoms with E-state index in [1.807, 2.05) is 13.8 Å². The van der Waals surface area contributed by atoms with Crippen molar-refractivity contribution in [3.63, 3.8) is 0 Å². The third kappa shape index (κ3) is 5.04. The molecule has 0 atom stereocenters. The minimum Gasteiger partial charge on any atom is -0.481 e. The molecule has 18 heavy (non-hydrogen) atoms. The van der Waals surface area contributed by atoms with Crippen molar-refractivity contribution in [2.45, 2.75) is 69.9 Å². The number of aliphatic carboxylic acids is 1. The molecule has 0 unspecified atom stereocenters. The lowest BCUT2D eigenvalue weighted by Gasteiger charge is -2.29. The monoisotopic (exact) mass is 256 g/mol. The summed E-state index contributed by atoms with van der Waals surface area (Å²) in [6.45, 7) is 3.76. The highest BCUT2D eigenvalue weighted by atomic mass is 16.4. The van der Waals surface area contributed by atoms with Crippen LogP contribution >= 0.6 is 0 Å². The Morgan fingerprint density at radius 2 is 1.89 bits per heavy atom. The number of carbonyl (C=O) groups excluding carboxylic acids is 1. The van der Waals surface area contributed by atoms with Gasteiger partial charge in [0.1, 0.15) is 0 Å². The maximum absolute atomic E-state index is 11.9. The van der Waals surface area contributed by atoms with Gasteiger partial charge >= 0.3 is 5.97 Å². The molecular weight excluding hydrogens is 232 g/mol. The van der Waals surface area contributed by atoms with Crippen LogP contribution < -0.4 is 11.1 Å². The molecule has 0 spiro atoms. The van der Waals surface area contributed by atoms with E-state index >= 15 is 0 Å². The van der Waals surface area contributed by atoms with Gasteiger partial charge in [-0.1, -0.05) is 12.8 Å². The largest absolute Gasteiger partial charge is 0.481 e. The number of carboxylic acids is 1. The zero-order valence-corrected chi connectivity index (χ0v) is 11.3. The van der Waals surface area contributed by atoms with Crippen LogP contribution in [0.2, 0.25) is 0 Å². The molecule has 0 aliphatic heterocycles. The molecule has 0 bridgehead atoms. The molecule has 4 N–H and O–H groups in total. The molecule has 0 aromatic carbocycles. The molecular formula is C13H24N2O3. The molecule has 1 saturated carbocycles. The topological polar surface area (TPSA) is 92.4 Å². The third-order valence-corrected chi connectivity index (χ3v) is 3.45. The SMILES string of the molecule is CC(C)(N)CCC(=O)NC1(CC(=O)O)CCCC1. The smallest absolute Gasteiger partial charge is 0.305 e. The predicted molar refractivity (Wildman–Crippen MR) is 69.1 cm³/mol.